The van der Waals surface area contributed by atoms with Gasteiger partial charge in [-0.2, -0.15) is 13.2 Å². The molecule has 2 atom stereocenters. The second-order valence-electron chi connectivity index (χ2n) is 5.73. The molecule has 0 saturated heterocycles. The molecule has 1 aromatic heterocycles. The maximum absolute atomic E-state index is 13.3. The van der Waals surface area contributed by atoms with Crippen molar-refractivity contribution in [2.24, 2.45) is 0 Å². The highest BCUT2D eigenvalue weighted by molar-refractivity contribution is 5.63. The van der Waals surface area contributed by atoms with Gasteiger partial charge in [-0.05, 0) is 18.2 Å². The molecule has 4 rings (SSSR count). The van der Waals surface area contributed by atoms with Gasteiger partial charge in [-0.25, -0.2) is 0 Å². The molecule has 0 amide bonds. The smallest absolute Gasteiger partial charge is 0.418 e. The fourth-order valence-electron chi connectivity index (χ4n) is 3.40. The SMILES string of the molecule is OCC12C=CC(O1)c1c2c(O)n(-c2ccccc2C(F)(F)F)c1O. The normalized spacial score (nSPS) is 24.6. The van der Waals surface area contributed by atoms with Crippen molar-refractivity contribution in [3.8, 4) is 17.4 Å². The van der Waals surface area contributed by atoms with Gasteiger partial charge in [0.1, 0.15) is 11.7 Å². The number of rotatable bonds is 2. The van der Waals surface area contributed by atoms with Gasteiger partial charge in [-0.1, -0.05) is 18.2 Å². The van der Waals surface area contributed by atoms with Crippen molar-refractivity contribution < 1.29 is 33.2 Å². The topological polar surface area (TPSA) is 74.8 Å². The Morgan fingerprint density at radius 1 is 1.17 bits per heavy atom. The number of aromatic nitrogens is 1. The zero-order valence-electron chi connectivity index (χ0n) is 12.1. The Bertz CT molecular complexity index is 871. The Hall–Kier alpha value is -2.45. The number of benzene rings is 1. The molecule has 0 spiro atoms. The van der Waals surface area contributed by atoms with Crippen LogP contribution in [0.25, 0.3) is 5.69 Å². The van der Waals surface area contributed by atoms with Gasteiger partial charge in [0, 0.05) is 0 Å². The minimum absolute atomic E-state index is 0.0898. The summed E-state index contributed by atoms with van der Waals surface area (Å²) < 4.78 is 46.1. The quantitative estimate of drug-likeness (QED) is 0.736. The molecule has 1 aromatic carbocycles. The van der Waals surface area contributed by atoms with Crippen LogP contribution in [0.3, 0.4) is 0 Å². The second-order valence-corrected chi connectivity index (χ2v) is 5.73. The van der Waals surface area contributed by atoms with Crippen LogP contribution in [0.15, 0.2) is 36.4 Å². The molecule has 2 aromatic rings. The number of fused-ring (bicyclic) bond motifs is 5. The lowest BCUT2D eigenvalue weighted by Crippen LogP contribution is -2.25. The van der Waals surface area contributed by atoms with E-state index in [2.05, 4.69) is 0 Å². The van der Waals surface area contributed by atoms with Crippen molar-refractivity contribution in [1.29, 1.82) is 0 Å². The minimum atomic E-state index is -4.66. The van der Waals surface area contributed by atoms with Crippen molar-refractivity contribution in [2.75, 3.05) is 6.61 Å². The summed E-state index contributed by atoms with van der Waals surface area (Å²) in [5.74, 6) is -1.12. The summed E-state index contributed by atoms with van der Waals surface area (Å²) in [6.07, 6.45) is -2.28. The summed E-state index contributed by atoms with van der Waals surface area (Å²) >= 11 is 0. The molecule has 0 radical (unpaired) electrons. The van der Waals surface area contributed by atoms with Crippen LogP contribution in [0.1, 0.15) is 22.8 Å². The van der Waals surface area contributed by atoms with Gasteiger partial charge in [-0.3, -0.25) is 4.57 Å². The number of ether oxygens (including phenoxy) is 1. The number of hydrogen-bond donors (Lipinski definition) is 3. The summed E-state index contributed by atoms with van der Waals surface area (Å²) in [6.45, 7) is -0.509. The number of para-hydroxylation sites is 1. The molecule has 2 aliphatic heterocycles. The summed E-state index contributed by atoms with van der Waals surface area (Å²) in [5, 5.41) is 30.6. The molecule has 2 bridgehead atoms. The molecule has 126 valence electrons. The number of hydrogen-bond acceptors (Lipinski definition) is 4. The third-order valence-electron chi connectivity index (χ3n) is 4.43. The highest BCUT2D eigenvalue weighted by Crippen LogP contribution is 2.58. The van der Waals surface area contributed by atoms with Crippen molar-refractivity contribution in [3.63, 3.8) is 0 Å². The third-order valence-corrected chi connectivity index (χ3v) is 4.43. The van der Waals surface area contributed by atoms with Crippen LogP contribution >= 0.6 is 0 Å². The van der Waals surface area contributed by atoms with Gasteiger partial charge in [-0.15, -0.1) is 0 Å². The van der Waals surface area contributed by atoms with Crippen molar-refractivity contribution in [2.45, 2.75) is 17.9 Å². The first-order valence-electron chi connectivity index (χ1n) is 7.12. The summed E-state index contributed by atoms with van der Waals surface area (Å²) in [7, 11) is 0. The van der Waals surface area contributed by atoms with E-state index >= 15 is 0 Å². The van der Waals surface area contributed by atoms with Gasteiger partial charge in [0.05, 0.1) is 29.0 Å². The monoisotopic (exact) mass is 339 g/mol. The first kappa shape index (κ1) is 15.1. The fraction of sp³-hybridized carbons (Fsp3) is 0.250. The molecule has 2 unspecified atom stereocenters. The lowest BCUT2D eigenvalue weighted by Gasteiger charge is -2.21. The highest BCUT2D eigenvalue weighted by Gasteiger charge is 2.53. The second kappa shape index (κ2) is 4.55. The molecule has 24 heavy (non-hydrogen) atoms. The van der Waals surface area contributed by atoms with Gasteiger partial charge >= 0.3 is 6.18 Å². The Morgan fingerprint density at radius 3 is 2.54 bits per heavy atom. The molecular weight excluding hydrogens is 327 g/mol. The predicted octanol–water partition coefficient (Wildman–Crippen LogP) is 2.74. The van der Waals surface area contributed by atoms with E-state index in [-0.39, 0.29) is 11.1 Å². The molecule has 8 heteroatoms. The average Bonchev–Trinajstić information content (AvgIpc) is 3.18. The minimum Gasteiger partial charge on any atom is -0.494 e. The molecule has 0 aliphatic carbocycles. The summed E-state index contributed by atoms with van der Waals surface area (Å²) in [6, 6.07) is 4.62. The van der Waals surface area contributed by atoms with Crippen LogP contribution in [0.4, 0.5) is 13.2 Å². The standard InChI is InChI=1S/C16H12F3NO4/c17-16(18,19)8-3-1-2-4-9(8)20-13(22)11-10-5-6-15(7-21,24-10)12(11)14(20)23/h1-6,10,21-23H,7H2. The van der Waals surface area contributed by atoms with Crippen molar-refractivity contribution in [3.05, 3.63) is 53.1 Å². The molecule has 0 fully saturated rings. The van der Waals surface area contributed by atoms with E-state index < -0.39 is 47.5 Å². The molecule has 3 N–H and O–H groups in total. The van der Waals surface area contributed by atoms with Gasteiger partial charge < -0.3 is 20.1 Å². The zero-order chi connectivity index (χ0) is 17.3. The van der Waals surface area contributed by atoms with E-state index in [9.17, 15) is 28.5 Å². The number of halogens is 3. The van der Waals surface area contributed by atoms with E-state index in [1.54, 1.807) is 6.08 Å². The van der Waals surface area contributed by atoms with Crippen LogP contribution in [-0.4, -0.2) is 26.5 Å². The molecular formula is C16H12F3NO4. The molecule has 5 nitrogen and oxygen atoms in total. The number of nitrogens with zero attached hydrogens (tertiary/aromatic N) is 1. The van der Waals surface area contributed by atoms with Crippen LogP contribution in [0.5, 0.6) is 11.8 Å². The molecule has 2 aliphatic rings. The Labute approximate surface area is 133 Å². The van der Waals surface area contributed by atoms with Gasteiger partial charge in [0.25, 0.3) is 0 Å². The largest absolute Gasteiger partial charge is 0.494 e. The number of aliphatic hydroxyl groups is 1. The molecule has 3 heterocycles. The van der Waals surface area contributed by atoms with E-state index in [0.29, 0.717) is 0 Å². The van der Waals surface area contributed by atoms with Crippen LogP contribution in [0.2, 0.25) is 0 Å². The maximum atomic E-state index is 13.3. The van der Waals surface area contributed by atoms with E-state index in [4.69, 9.17) is 4.74 Å². The summed E-state index contributed by atoms with van der Waals surface area (Å²) in [5.41, 5.74) is -2.49. The summed E-state index contributed by atoms with van der Waals surface area (Å²) in [4.78, 5) is 0. The average molecular weight is 339 g/mol. The fourth-order valence-corrected chi connectivity index (χ4v) is 3.40. The Balaban J connectivity index is 2.00. The van der Waals surface area contributed by atoms with E-state index in [1.165, 1.54) is 18.2 Å². The highest BCUT2D eigenvalue weighted by atomic mass is 19.4. The number of aromatic hydroxyl groups is 2. The lowest BCUT2D eigenvalue weighted by atomic mass is 9.90. The van der Waals surface area contributed by atoms with E-state index in [1.807, 2.05) is 0 Å². The van der Waals surface area contributed by atoms with E-state index in [0.717, 1.165) is 16.7 Å². The first-order chi connectivity index (χ1) is 11.3. The van der Waals surface area contributed by atoms with Crippen LogP contribution in [-0.2, 0) is 16.5 Å². The lowest BCUT2D eigenvalue weighted by molar-refractivity contribution is -0.137. The van der Waals surface area contributed by atoms with Crippen molar-refractivity contribution >= 4 is 0 Å². The first-order valence-corrected chi connectivity index (χ1v) is 7.12. The maximum Gasteiger partial charge on any atom is 0.418 e. The Morgan fingerprint density at radius 2 is 1.88 bits per heavy atom. The third kappa shape index (κ3) is 1.72. The number of aliphatic hydroxyl groups excluding tert-OH is 1. The van der Waals surface area contributed by atoms with Gasteiger partial charge in [0.2, 0.25) is 11.8 Å². The predicted molar refractivity (Wildman–Crippen MR) is 75.8 cm³/mol. The van der Waals surface area contributed by atoms with Crippen LogP contribution < -0.4 is 0 Å². The van der Waals surface area contributed by atoms with Crippen LogP contribution in [0, 0.1) is 0 Å². The number of alkyl halides is 3. The van der Waals surface area contributed by atoms with Crippen molar-refractivity contribution in [1.82, 2.24) is 4.57 Å². The molecule has 0 saturated carbocycles. The van der Waals surface area contributed by atoms with Gasteiger partial charge in [0.15, 0.2) is 0 Å². The zero-order valence-corrected chi connectivity index (χ0v) is 12.1. The Kier molecular flexibility index (Phi) is 2.86.